The van der Waals surface area contributed by atoms with Gasteiger partial charge in [0.15, 0.2) is 15.6 Å². The molecular weight excluding hydrogens is 402 g/mol. The van der Waals surface area contributed by atoms with E-state index in [1.165, 1.54) is 6.08 Å². The Morgan fingerprint density at radius 1 is 1.20 bits per heavy atom. The van der Waals surface area contributed by atoms with Gasteiger partial charge >= 0.3 is 0 Å². The fourth-order valence-corrected chi connectivity index (χ4v) is 3.89. The second-order valence-electron chi connectivity index (χ2n) is 8.23. The fourth-order valence-electron chi connectivity index (χ4n) is 3.37. The van der Waals surface area contributed by atoms with Crippen LogP contribution >= 0.6 is 0 Å². The average molecular weight is 428 g/mol. The van der Waals surface area contributed by atoms with Crippen LogP contribution in [0.25, 0.3) is 0 Å². The molecule has 2 aromatic rings. The number of carbonyl (C=O) groups is 2. The summed E-state index contributed by atoms with van der Waals surface area (Å²) in [5.41, 5.74) is 1.05. The lowest BCUT2D eigenvalue weighted by Gasteiger charge is -2.15. The molecule has 7 heteroatoms. The van der Waals surface area contributed by atoms with Crippen molar-refractivity contribution in [3.05, 3.63) is 70.6 Å². The quantitative estimate of drug-likeness (QED) is 0.755. The summed E-state index contributed by atoms with van der Waals surface area (Å²) in [4.78, 5) is 25.7. The molecule has 1 aliphatic carbocycles. The minimum absolute atomic E-state index is 0.0113. The Morgan fingerprint density at radius 3 is 2.50 bits per heavy atom. The molecule has 0 fully saturated rings. The van der Waals surface area contributed by atoms with Crippen LogP contribution in [0, 0.1) is 5.41 Å². The van der Waals surface area contributed by atoms with Gasteiger partial charge in [-0.25, -0.2) is 8.42 Å². The van der Waals surface area contributed by atoms with Gasteiger partial charge in [0.05, 0.1) is 5.56 Å². The summed E-state index contributed by atoms with van der Waals surface area (Å²) in [5.74, 6) is 0.456. The lowest BCUT2D eigenvalue weighted by Crippen LogP contribution is -2.31. The van der Waals surface area contributed by atoms with E-state index < -0.39 is 27.2 Å². The molecule has 30 heavy (non-hydrogen) atoms. The van der Waals surface area contributed by atoms with Crippen LogP contribution in [0.5, 0.6) is 11.5 Å². The minimum atomic E-state index is -3.30. The first-order valence-corrected chi connectivity index (χ1v) is 11.6. The van der Waals surface area contributed by atoms with E-state index in [4.69, 9.17) is 4.74 Å². The molecule has 0 spiro atoms. The molecule has 0 aliphatic heterocycles. The third-order valence-electron chi connectivity index (χ3n) is 4.89. The van der Waals surface area contributed by atoms with Gasteiger partial charge < -0.3 is 10.1 Å². The van der Waals surface area contributed by atoms with E-state index in [9.17, 15) is 18.0 Å². The summed E-state index contributed by atoms with van der Waals surface area (Å²) < 4.78 is 28.6. The SMILES string of the molecule is CC(C=CS(C)(=O)=O)NC(=O)c1cc2c(cc1Oc1ccccc1)CC(C)(C)C2=O. The van der Waals surface area contributed by atoms with Crippen LogP contribution < -0.4 is 10.1 Å². The van der Waals surface area contributed by atoms with Gasteiger partial charge in [0.1, 0.15) is 11.5 Å². The predicted molar refractivity (Wildman–Crippen MR) is 116 cm³/mol. The van der Waals surface area contributed by atoms with E-state index in [-0.39, 0.29) is 11.3 Å². The first-order valence-electron chi connectivity index (χ1n) is 9.60. The third-order valence-corrected chi connectivity index (χ3v) is 5.54. The first-order chi connectivity index (χ1) is 14.0. The minimum Gasteiger partial charge on any atom is -0.457 e. The van der Waals surface area contributed by atoms with Crippen LogP contribution in [-0.2, 0) is 16.3 Å². The standard InChI is InChI=1S/C23H25NO5S/c1-15(10-11-30(4,27)28)24-22(26)19-13-18-16(14-23(2,3)21(18)25)12-20(19)29-17-8-6-5-7-9-17/h5-13,15H,14H2,1-4H3,(H,24,26). The van der Waals surface area contributed by atoms with Crippen molar-refractivity contribution < 1.29 is 22.7 Å². The molecule has 3 rings (SSSR count). The van der Waals surface area contributed by atoms with E-state index in [1.807, 2.05) is 32.0 Å². The zero-order chi connectivity index (χ0) is 22.1. The molecule has 2 aromatic carbocycles. The zero-order valence-electron chi connectivity index (χ0n) is 17.4. The van der Waals surface area contributed by atoms with Crippen molar-refractivity contribution in [1.82, 2.24) is 5.32 Å². The van der Waals surface area contributed by atoms with Crippen LogP contribution in [-0.4, -0.2) is 32.4 Å². The molecule has 1 aliphatic rings. The van der Waals surface area contributed by atoms with Gasteiger partial charge in [-0.15, -0.1) is 0 Å². The number of nitrogens with one attached hydrogen (secondary N) is 1. The van der Waals surface area contributed by atoms with Crippen molar-refractivity contribution in [2.24, 2.45) is 5.41 Å². The summed E-state index contributed by atoms with van der Waals surface area (Å²) >= 11 is 0. The van der Waals surface area contributed by atoms with Gasteiger partial charge in [0.25, 0.3) is 5.91 Å². The van der Waals surface area contributed by atoms with Crippen molar-refractivity contribution in [3.63, 3.8) is 0 Å². The monoisotopic (exact) mass is 427 g/mol. The molecule has 1 atom stereocenters. The number of sulfone groups is 1. The maximum atomic E-state index is 13.0. The van der Waals surface area contributed by atoms with E-state index in [2.05, 4.69) is 5.32 Å². The largest absolute Gasteiger partial charge is 0.457 e. The summed E-state index contributed by atoms with van der Waals surface area (Å²) in [6, 6.07) is 11.9. The van der Waals surface area contributed by atoms with Gasteiger partial charge in [0, 0.05) is 28.7 Å². The average Bonchev–Trinajstić information content (AvgIpc) is 2.88. The Labute approximate surface area is 176 Å². The molecular formula is C23H25NO5S. The number of hydrogen-bond donors (Lipinski definition) is 1. The Balaban J connectivity index is 1.97. The summed E-state index contributed by atoms with van der Waals surface area (Å²) in [6.45, 7) is 5.43. The van der Waals surface area contributed by atoms with Gasteiger partial charge in [-0.05, 0) is 43.2 Å². The number of hydrogen-bond acceptors (Lipinski definition) is 5. The van der Waals surface area contributed by atoms with Crippen LogP contribution in [0.4, 0.5) is 0 Å². The number of rotatable bonds is 6. The van der Waals surface area contributed by atoms with Gasteiger partial charge in [-0.2, -0.15) is 0 Å². The van der Waals surface area contributed by atoms with Crippen molar-refractivity contribution in [1.29, 1.82) is 0 Å². The molecule has 1 N–H and O–H groups in total. The lowest BCUT2D eigenvalue weighted by molar-refractivity contribution is 0.0863. The smallest absolute Gasteiger partial charge is 0.255 e. The highest BCUT2D eigenvalue weighted by atomic mass is 32.2. The highest BCUT2D eigenvalue weighted by Gasteiger charge is 2.38. The second-order valence-corrected chi connectivity index (χ2v) is 10.2. The molecule has 0 saturated heterocycles. The number of para-hydroxylation sites is 1. The summed E-state index contributed by atoms with van der Waals surface area (Å²) in [6.07, 6.45) is 3.05. The Bertz CT molecular complexity index is 1120. The molecule has 0 heterocycles. The van der Waals surface area contributed by atoms with Crippen molar-refractivity contribution in [2.45, 2.75) is 33.2 Å². The maximum Gasteiger partial charge on any atom is 0.255 e. The highest BCUT2D eigenvalue weighted by Crippen LogP contribution is 2.40. The normalized spacial score (nSPS) is 16.3. The van der Waals surface area contributed by atoms with Crippen LogP contribution in [0.15, 0.2) is 53.9 Å². The van der Waals surface area contributed by atoms with E-state index in [0.717, 1.165) is 17.2 Å². The van der Waals surface area contributed by atoms with Crippen molar-refractivity contribution in [2.75, 3.05) is 6.26 Å². The Kier molecular flexibility index (Phi) is 5.85. The molecule has 158 valence electrons. The van der Waals surface area contributed by atoms with Gasteiger partial charge in [0.2, 0.25) is 0 Å². The fraction of sp³-hybridized carbons (Fsp3) is 0.304. The molecule has 0 bridgehead atoms. The molecule has 0 radical (unpaired) electrons. The first kappa shape index (κ1) is 21.8. The number of ether oxygens (including phenoxy) is 1. The van der Waals surface area contributed by atoms with Crippen LogP contribution in [0.3, 0.4) is 0 Å². The topological polar surface area (TPSA) is 89.5 Å². The van der Waals surface area contributed by atoms with Gasteiger partial charge in [-0.3, -0.25) is 9.59 Å². The number of fused-ring (bicyclic) bond motifs is 1. The molecule has 0 aromatic heterocycles. The van der Waals surface area contributed by atoms with E-state index >= 15 is 0 Å². The molecule has 1 unspecified atom stereocenters. The Morgan fingerprint density at radius 2 is 1.87 bits per heavy atom. The third kappa shape index (κ3) is 4.97. The van der Waals surface area contributed by atoms with Crippen LogP contribution in [0.1, 0.15) is 47.1 Å². The summed E-state index contributed by atoms with van der Waals surface area (Å²) in [7, 11) is -3.30. The molecule has 1 amide bonds. The lowest BCUT2D eigenvalue weighted by atomic mass is 9.89. The number of Topliss-reactive ketones (excluding diaryl/α,β-unsaturated/α-hetero) is 1. The van der Waals surface area contributed by atoms with Crippen molar-refractivity contribution >= 4 is 21.5 Å². The summed E-state index contributed by atoms with van der Waals surface area (Å²) in [5, 5.41) is 3.79. The molecule has 6 nitrogen and oxygen atoms in total. The number of carbonyl (C=O) groups excluding carboxylic acids is 2. The van der Waals surface area contributed by atoms with E-state index in [1.54, 1.807) is 31.2 Å². The Hall–Kier alpha value is -2.93. The van der Waals surface area contributed by atoms with E-state index in [0.29, 0.717) is 23.5 Å². The zero-order valence-corrected chi connectivity index (χ0v) is 18.2. The maximum absolute atomic E-state index is 13.0. The van der Waals surface area contributed by atoms with Crippen molar-refractivity contribution in [3.8, 4) is 11.5 Å². The highest BCUT2D eigenvalue weighted by molar-refractivity contribution is 7.93. The molecule has 0 saturated carbocycles. The van der Waals surface area contributed by atoms with Crippen LogP contribution in [0.2, 0.25) is 0 Å². The second kappa shape index (κ2) is 8.07. The number of amides is 1. The number of benzene rings is 2. The number of ketones is 1. The van der Waals surface area contributed by atoms with Gasteiger partial charge in [-0.1, -0.05) is 38.1 Å². The predicted octanol–water partition coefficient (Wildman–Crippen LogP) is 3.92.